The Morgan fingerprint density at radius 2 is 1.59 bits per heavy atom. The minimum Gasteiger partial charge on any atom is -0.497 e. The number of amides is 2. The standard InChI is InChI=1S/C25H20F2N2O3/c1-3-15-4-9-18(10-5-15)28-23-22(16-6-11-19(32-2)12-7-16)24(30)29(25(23)31)21-13-8-17(26)14-20(21)27/h4-14,28H,3H2,1-2H3. The van der Waals surface area contributed by atoms with Gasteiger partial charge in [-0.25, -0.2) is 13.7 Å². The second-order valence-corrected chi connectivity index (χ2v) is 7.20. The number of carbonyl (C=O) groups is 2. The lowest BCUT2D eigenvalue weighted by molar-refractivity contribution is -0.120. The molecule has 0 saturated carbocycles. The van der Waals surface area contributed by atoms with E-state index in [-0.39, 0.29) is 17.0 Å². The van der Waals surface area contributed by atoms with Crippen LogP contribution in [0.4, 0.5) is 20.2 Å². The smallest absolute Gasteiger partial charge is 0.282 e. The molecule has 0 aliphatic carbocycles. The van der Waals surface area contributed by atoms with E-state index in [1.54, 1.807) is 36.4 Å². The molecule has 5 nitrogen and oxygen atoms in total. The number of nitrogens with one attached hydrogen (secondary N) is 1. The molecule has 0 atom stereocenters. The summed E-state index contributed by atoms with van der Waals surface area (Å²) in [6, 6.07) is 16.8. The first-order valence-corrected chi connectivity index (χ1v) is 10.0. The highest BCUT2D eigenvalue weighted by Gasteiger charge is 2.41. The van der Waals surface area contributed by atoms with Crippen molar-refractivity contribution in [3.8, 4) is 5.75 Å². The lowest BCUT2D eigenvalue weighted by atomic mass is 10.0. The fourth-order valence-electron chi connectivity index (χ4n) is 3.52. The normalized spacial score (nSPS) is 13.7. The zero-order valence-electron chi connectivity index (χ0n) is 17.5. The van der Waals surface area contributed by atoms with Crippen molar-refractivity contribution in [1.82, 2.24) is 0 Å². The summed E-state index contributed by atoms with van der Waals surface area (Å²) in [5, 5.41) is 3.02. The summed E-state index contributed by atoms with van der Waals surface area (Å²) in [4.78, 5) is 27.3. The molecule has 0 bridgehead atoms. The van der Waals surface area contributed by atoms with E-state index in [4.69, 9.17) is 4.74 Å². The molecule has 0 unspecified atom stereocenters. The van der Waals surface area contributed by atoms with Crippen LogP contribution in [0.2, 0.25) is 0 Å². The maximum absolute atomic E-state index is 14.5. The molecule has 0 fully saturated rings. The fraction of sp³-hybridized carbons (Fsp3) is 0.120. The molecule has 7 heteroatoms. The van der Waals surface area contributed by atoms with E-state index >= 15 is 0 Å². The number of rotatable bonds is 6. The molecular formula is C25H20F2N2O3. The molecule has 1 aliphatic rings. The molecule has 32 heavy (non-hydrogen) atoms. The van der Waals surface area contributed by atoms with Gasteiger partial charge >= 0.3 is 0 Å². The van der Waals surface area contributed by atoms with Crippen molar-refractivity contribution in [3.05, 3.63) is 95.2 Å². The van der Waals surface area contributed by atoms with Gasteiger partial charge < -0.3 is 10.1 Å². The Labute approximate surface area is 183 Å². The Morgan fingerprint density at radius 1 is 0.906 bits per heavy atom. The summed E-state index contributed by atoms with van der Waals surface area (Å²) in [5.41, 5.74) is 1.95. The number of halogens is 2. The van der Waals surface area contributed by atoms with Crippen LogP contribution in [0.5, 0.6) is 5.75 Å². The molecule has 2 amide bonds. The van der Waals surface area contributed by atoms with Crippen LogP contribution in [0.15, 0.2) is 72.4 Å². The highest BCUT2D eigenvalue weighted by molar-refractivity contribution is 6.46. The Kier molecular flexibility index (Phi) is 5.73. The van der Waals surface area contributed by atoms with Gasteiger partial charge in [-0.2, -0.15) is 0 Å². The van der Waals surface area contributed by atoms with Crippen molar-refractivity contribution in [2.45, 2.75) is 13.3 Å². The molecule has 1 N–H and O–H groups in total. The van der Waals surface area contributed by atoms with Crippen molar-refractivity contribution in [3.63, 3.8) is 0 Å². The number of nitrogens with zero attached hydrogens (tertiary/aromatic N) is 1. The third kappa shape index (κ3) is 3.85. The van der Waals surface area contributed by atoms with Gasteiger partial charge in [-0.15, -0.1) is 0 Å². The van der Waals surface area contributed by atoms with Gasteiger partial charge in [0.1, 0.15) is 23.1 Å². The number of carbonyl (C=O) groups excluding carboxylic acids is 2. The van der Waals surface area contributed by atoms with E-state index in [1.807, 2.05) is 19.1 Å². The Hall–Kier alpha value is -4.00. The molecular weight excluding hydrogens is 414 g/mol. The first-order valence-electron chi connectivity index (χ1n) is 10.0. The second kappa shape index (κ2) is 8.63. The van der Waals surface area contributed by atoms with E-state index in [2.05, 4.69) is 5.32 Å². The van der Waals surface area contributed by atoms with E-state index in [1.165, 1.54) is 7.11 Å². The quantitative estimate of drug-likeness (QED) is 0.559. The van der Waals surface area contributed by atoms with Crippen molar-refractivity contribution < 1.29 is 23.1 Å². The largest absolute Gasteiger partial charge is 0.497 e. The van der Waals surface area contributed by atoms with Crippen LogP contribution in [-0.2, 0) is 16.0 Å². The highest BCUT2D eigenvalue weighted by atomic mass is 19.1. The molecule has 3 aromatic rings. The number of aryl methyl sites for hydroxylation is 1. The number of hydrogen-bond acceptors (Lipinski definition) is 4. The van der Waals surface area contributed by atoms with E-state index in [9.17, 15) is 18.4 Å². The number of benzene rings is 3. The lowest BCUT2D eigenvalue weighted by Gasteiger charge is -2.16. The van der Waals surface area contributed by atoms with Crippen LogP contribution in [0.25, 0.3) is 5.57 Å². The van der Waals surface area contributed by atoms with Crippen LogP contribution in [0.1, 0.15) is 18.1 Å². The zero-order chi connectivity index (χ0) is 22.8. The number of imide groups is 1. The molecule has 0 aromatic heterocycles. The van der Waals surface area contributed by atoms with Gasteiger partial charge in [-0.1, -0.05) is 31.2 Å². The van der Waals surface area contributed by atoms with Crippen LogP contribution in [0, 0.1) is 11.6 Å². The van der Waals surface area contributed by atoms with Crippen molar-refractivity contribution in [2.75, 3.05) is 17.3 Å². The molecule has 4 rings (SSSR count). The van der Waals surface area contributed by atoms with Gasteiger partial charge in [-0.3, -0.25) is 9.59 Å². The van der Waals surface area contributed by atoms with Crippen molar-refractivity contribution in [2.24, 2.45) is 0 Å². The van der Waals surface area contributed by atoms with Crippen molar-refractivity contribution >= 4 is 28.8 Å². The molecule has 1 aliphatic heterocycles. The first kappa shape index (κ1) is 21.2. The Morgan fingerprint density at radius 3 is 2.19 bits per heavy atom. The van der Waals surface area contributed by atoms with Gasteiger partial charge in [0.25, 0.3) is 11.8 Å². The van der Waals surface area contributed by atoms with Gasteiger partial charge in [-0.05, 0) is 53.9 Å². The minimum absolute atomic E-state index is 0.00754. The third-order valence-electron chi connectivity index (χ3n) is 5.24. The molecule has 162 valence electrons. The summed E-state index contributed by atoms with van der Waals surface area (Å²) in [6.07, 6.45) is 0.856. The predicted octanol–water partition coefficient (Wildman–Crippen LogP) is 4.93. The number of ether oxygens (including phenoxy) is 1. The maximum Gasteiger partial charge on any atom is 0.282 e. The van der Waals surface area contributed by atoms with Crippen molar-refractivity contribution in [1.29, 1.82) is 0 Å². The number of anilines is 2. The lowest BCUT2D eigenvalue weighted by Crippen LogP contribution is -2.33. The van der Waals surface area contributed by atoms with Crippen LogP contribution in [0.3, 0.4) is 0 Å². The third-order valence-corrected chi connectivity index (χ3v) is 5.24. The summed E-state index contributed by atoms with van der Waals surface area (Å²) < 4.78 is 33.0. The minimum atomic E-state index is -1.01. The van der Waals surface area contributed by atoms with Crippen LogP contribution < -0.4 is 15.0 Å². The molecule has 0 radical (unpaired) electrons. The van der Waals surface area contributed by atoms with Crippen LogP contribution >= 0.6 is 0 Å². The molecule has 0 spiro atoms. The predicted molar refractivity (Wildman–Crippen MR) is 118 cm³/mol. The summed E-state index contributed by atoms with van der Waals surface area (Å²) >= 11 is 0. The fourth-order valence-corrected chi connectivity index (χ4v) is 3.52. The average Bonchev–Trinajstić information content (AvgIpc) is 3.04. The first-order chi connectivity index (χ1) is 15.4. The number of hydrogen-bond donors (Lipinski definition) is 1. The second-order valence-electron chi connectivity index (χ2n) is 7.20. The molecule has 0 saturated heterocycles. The molecule has 3 aromatic carbocycles. The summed E-state index contributed by atoms with van der Waals surface area (Å²) in [7, 11) is 1.52. The van der Waals surface area contributed by atoms with E-state index in [0.29, 0.717) is 23.1 Å². The van der Waals surface area contributed by atoms with Gasteiger partial charge in [0.05, 0.1) is 18.4 Å². The average molecular weight is 434 g/mol. The molecule has 1 heterocycles. The van der Waals surface area contributed by atoms with Crippen LogP contribution in [-0.4, -0.2) is 18.9 Å². The SMILES string of the molecule is CCc1ccc(NC2=C(c3ccc(OC)cc3)C(=O)N(c3ccc(F)cc3F)C2=O)cc1. The zero-order valence-corrected chi connectivity index (χ0v) is 17.5. The van der Waals surface area contributed by atoms with E-state index in [0.717, 1.165) is 29.0 Å². The summed E-state index contributed by atoms with van der Waals surface area (Å²) in [6.45, 7) is 2.03. The topological polar surface area (TPSA) is 58.6 Å². The Balaban J connectivity index is 1.80. The van der Waals surface area contributed by atoms with E-state index < -0.39 is 23.4 Å². The van der Waals surface area contributed by atoms with Gasteiger partial charge in [0.15, 0.2) is 0 Å². The Bertz CT molecular complexity index is 1220. The monoisotopic (exact) mass is 434 g/mol. The van der Waals surface area contributed by atoms with Gasteiger partial charge in [0, 0.05) is 11.8 Å². The maximum atomic E-state index is 14.5. The van der Waals surface area contributed by atoms with Gasteiger partial charge in [0.2, 0.25) is 0 Å². The highest BCUT2D eigenvalue weighted by Crippen LogP contribution is 2.35. The summed E-state index contributed by atoms with van der Waals surface area (Å²) in [5.74, 6) is -2.67. The number of methoxy groups -OCH3 is 1.